The van der Waals surface area contributed by atoms with Crippen LogP contribution in [0.4, 0.5) is 0 Å². The Hall–Kier alpha value is -5.41. The number of fused-ring (bicyclic) bond motifs is 12. The lowest BCUT2D eigenvalue weighted by Gasteiger charge is -2.14. The SMILES string of the molecule is c1ccc(-c2cccc(-n3c4ccccc4c4ccc5c6ccccc6c6cc7ccccc7n6c5c43)n2)cc1. The van der Waals surface area contributed by atoms with Crippen LogP contribution in [0.3, 0.4) is 0 Å². The third-order valence-corrected chi connectivity index (χ3v) is 8.27. The zero-order valence-corrected chi connectivity index (χ0v) is 21.6. The van der Waals surface area contributed by atoms with E-state index in [2.05, 4.69) is 142 Å². The quantitative estimate of drug-likeness (QED) is 0.213. The predicted molar refractivity (Wildman–Crippen MR) is 167 cm³/mol. The zero-order chi connectivity index (χ0) is 26.2. The van der Waals surface area contributed by atoms with Crippen LogP contribution in [0.1, 0.15) is 0 Å². The Kier molecular flexibility index (Phi) is 4.33. The van der Waals surface area contributed by atoms with Crippen molar-refractivity contribution in [2.24, 2.45) is 0 Å². The maximum Gasteiger partial charge on any atom is 0.138 e. The van der Waals surface area contributed by atoms with Gasteiger partial charge in [0.15, 0.2) is 0 Å². The molecule has 0 N–H and O–H groups in total. The minimum absolute atomic E-state index is 0.915. The van der Waals surface area contributed by atoms with Gasteiger partial charge in [0, 0.05) is 32.5 Å². The topological polar surface area (TPSA) is 22.2 Å². The lowest BCUT2D eigenvalue weighted by molar-refractivity contribution is 1.08. The third-order valence-electron chi connectivity index (χ3n) is 8.27. The number of benzene rings is 5. The molecule has 3 nitrogen and oxygen atoms in total. The van der Waals surface area contributed by atoms with Gasteiger partial charge in [-0.3, -0.25) is 4.57 Å². The fourth-order valence-corrected chi connectivity index (χ4v) is 6.57. The summed E-state index contributed by atoms with van der Waals surface area (Å²) >= 11 is 0. The summed E-state index contributed by atoms with van der Waals surface area (Å²) < 4.78 is 4.83. The minimum atomic E-state index is 0.915. The van der Waals surface area contributed by atoms with Crippen LogP contribution in [0.2, 0.25) is 0 Å². The van der Waals surface area contributed by atoms with E-state index in [1.54, 1.807) is 0 Å². The molecule has 9 aromatic rings. The first-order valence-corrected chi connectivity index (χ1v) is 13.7. The van der Waals surface area contributed by atoms with E-state index < -0.39 is 0 Å². The second kappa shape index (κ2) is 8.05. The van der Waals surface area contributed by atoms with Gasteiger partial charge in [0.1, 0.15) is 5.82 Å². The second-order valence-corrected chi connectivity index (χ2v) is 10.4. The zero-order valence-electron chi connectivity index (χ0n) is 21.6. The van der Waals surface area contributed by atoms with Crippen molar-refractivity contribution in [3.63, 3.8) is 0 Å². The first-order chi connectivity index (χ1) is 19.9. The molecular formula is C37H23N3. The molecule has 5 aromatic carbocycles. The van der Waals surface area contributed by atoms with Gasteiger partial charge in [-0.1, -0.05) is 109 Å². The molecule has 0 atom stereocenters. The van der Waals surface area contributed by atoms with E-state index in [1.807, 2.05) is 6.07 Å². The molecule has 0 aliphatic rings. The van der Waals surface area contributed by atoms with Crippen LogP contribution in [0.15, 0.2) is 140 Å². The van der Waals surface area contributed by atoms with Gasteiger partial charge < -0.3 is 4.40 Å². The highest BCUT2D eigenvalue weighted by Gasteiger charge is 2.20. The molecule has 4 heterocycles. The van der Waals surface area contributed by atoms with Crippen LogP contribution < -0.4 is 0 Å². The number of nitrogens with zero attached hydrogens (tertiary/aromatic N) is 3. The highest BCUT2D eigenvalue weighted by Crippen LogP contribution is 2.41. The second-order valence-electron chi connectivity index (χ2n) is 10.4. The Labute approximate surface area is 230 Å². The predicted octanol–water partition coefficient (Wildman–Crippen LogP) is 9.56. The molecule has 4 aromatic heterocycles. The first kappa shape index (κ1) is 21.5. The molecular weight excluding hydrogens is 486 g/mol. The monoisotopic (exact) mass is 509 g/mol. The molecule has 3 heteroatoms. The van der Waals surface area contributed by atoms with Crippen molar-refractivity contribution in [2.75, 3.05) is 0 Å². The fourth-order valence-electron chi connectivity index (χ4n) is 6.57. The van der Waals surface area contributed by atoms with Crippen molar-refractivity contribution < 1.29 is 0 Å². The molecule has 0 radical (unpaired) electrons. The van der Waals surface area contributed by atoms with Crippen molar-refractivity contribution in [1.82, 2.24) is 14.0 Å². The van der Waals surface area contributed by atoms with E-state index in [1.165, 1.54) is 54.4 Å². The number of hydrogen-bond donors (Lipinski definition) is 0. The minimum Gasteiger partial charge on any atom is -0.307 e. The molecule has 0 fully saturated rings. The molecule has 0 amide bonds. The van der Waals surface area contributed by atoms with Crippen molar-refractivity contribution in [3.05, 3.63) is 140 Å². The summed E-state index contributed by atoms with van der Waals surface area (Å²) in [4.78, 5) is 5.24. The fraction of sp³-hybridized carbons (Fsp3) is 0. The standard InChI is InChI=1S/C37H23N3/c1-2-11-24(12-3-1)31-17-10-20-35(38-31)40-33-19-9-7-16-28(33)30-22-21-29-26-14-5-6-15-27(26)34-23-25-13-4-8-18-32(25)39(34)36(29)37(30)40/h1-23H. The Morgan fingerprint density at radius 1 is 0.425 bits per heavy atom. The Balaban J connectivity index is 1.54. The smallest absolute Gasteiger partial charge is 0.138 e. The Morgan fingerprint density at radius 2 is 1.07 bits per heavy atom. The van der Waals surface area contributed by atoms with Gasteiger partial charge in [0.05, 0.1) is 33.3 Å². The molecule has 0 saturated heterocycles. The van der Waals surface area contributed by atoms with Crippen molar-refractivity contribution in [1.29, 1.82) is 0 Å². The van der Waals surface area contributed by atoms with E-state index in [0.717, 1.165) is 22.6 Å². The van der Waals surface area contributed by atoms with E-state index in [0.29, 0.717) is 0 Å². The summed E-state index contributed by atoms with van der Waals surface area (Å²) in [7, 11) is 0. The number of hydrogen-bond acceptors (Lipinski definition) is 1. The van der Waals surface area contributed by atoms with Gasteiger partial charge in [-0.25, -0.2) is 4.98 Å². The lowest BCUT2D eigenvalue weighted by atomic mass is 10.0. The van der Waals surface area contributed by atoms with Crippen LogP contribution in [-0.2, 0) is 0 Å². The summed E-state index contributed by atoms with van der Waals surface area (Å²) in [6.45, 7) is 0. The molecule has 40 heavy (non-hydrogen) atoms. The molecule has 186 valence electrons. The van der Waals surface area contributed by atoms with Crippen LogP contribution >= 0.6 is 0 Å². The lowest BCUT2D eigenvalue weighted by Crippen LogP contribution is -2.01. The van der Waals surface area contributed by atoms with Crippen LogP contribution in [-0.4, -0.2) is 14.0 Å². The van der Waals surface area contributed by atoms with E-state index >= 15 is 0 Å². The Bertz CT molecular complexity index is 2430. The largest absolute Gasteiger partial charge is 0.307 e. The van der Waals surface area contributed by atoms with Crippen LogP contribution in [0, 0.1) is 0 Å². The molecule has 0 aliphatic heterocycles. The maximum absolute atomic E-state index is 5.24. The number of para-hydroxylation sites is 2. The first-order valence-electron chi connectivity index (χ1n) is 13.7. The van der Waals surface area contributed by atoms with Gasteiger partial charge >= 0.3 is 0 Å². The van der Waals surface area contributed by atoms with Gasteiger partial charge in [-0.05, 0) is 35.7 Å². The van der Waals surface area contributed by atoms with Crippen molar-refractivity contribution in [3.8, 4) is 17.1 Å². The molecule has 9 rings (SSSR count). The summed E-state index contributed by atoms with van der Waals surface area (Å²) in [5, 5.41) is 7.45. The normalized spacial score (nSPS) is 12.0. The van der Waals surface area contributed by atoms with Crippen LogP contribution in [0.5, 0.6) is 0 Å². The molecule has 0 aliphatic carbocycles. The molecule has 0 unspecified atom stereocenters. The molecule has 0 saturated carbocycles. The number of pyridine rings is 2. The summed E-state index contributed by atoms with van der Waals surface area (Å²) in [5.74, 6) is 0.915. The molecule has 0 spiro atoms. The van der Waals surface area contributed by atoms with Crippen LogP contribution in [0.25, 0.3) is 77.0 Å². The van der Waals surface area contributed by atoms with Crippen molar-refractivity contribution >= 4 is 59.9 Å². The summed E-state index contributed by atoms with van der Waals surface area (Å²) in [6.07, 6.45) is 0. The summed E-state index contributed by atoms with van der Waals surface area (Å²) in [6, 6.07) is 49.9. The van der Waals surface area contributed by atoms with Gasteiger partial charge in [-0.2, -0.15) is 0 Å². The van der Waals surface area contributed by atoms with Gasteiger partial charge in [-0.15, -0.1) is 0 Å². The number of rotatable bonds is 2. The molecule has 0 bridgehead atoms. The maximum atomic E-state index is 5.24. The number of aromatic nitrogens is 3. The summed E-state index contributed by atoms with van der Waals surface area (Å²) in [5.41, 5.74) is 8.04. The van der Waals surface area contributed by atoms with Gasteiger partial charge in [0.2, 0.25) is 0 Å². The highest BCUT2D eigenvalue weighted by molar-refractivity contribution is 6.25. The average molecular weight is 510 g/mol. The Morgan fingerprint density at radius 3 is 1.90 bits per heavy atom. The highest BCUT2D eigenvalue weighted by atomic mass is 15.1. The average Bonchev–Trinajstić information content (AvgIpc) is 3.58. The van der Waals surface area contributed by atoms with E-state index in [4.69, 9.17) is 4.98 Å². The van der Waals surface area contributed by atoms with Crippen molar-refractivity contribution in [2.45, 2.75) is 0 Å². The van der Waals surface area contributed by atoms with E-state index in [-0.39, 0.29) is 0 Å². The van der Waals surface area contributed by atoms with E-state index in [9.17, 15) is 0 Å². The van der Waals surface area contributed by atoms with Gasteiger partial charge in [0.25, 0.3) is 0 Å². The third kappa shape index (κ3) is 2.86.